The summed E-state index contributed by atoms with van der Waals surface area (Å²) in [5, 5.41) is 0.414. The van der Waals surface area contributed by atoms with Crippen molar-refractivity contribution in [3.63, 3.8) is 0 Å². The Morgan fingerprint density at radius 3 is 2.81 bits per heavy atom. The molecule has 1 heterocycles. The summed E-state index contributed by atoms with van der Waals surface area (Å²) in [4.78, 5) is 8.22. The lowest BCUT2D eigenvalue weighted by Gasteiger charge is -2.04. The van der Waals surface area contributed by atoms with Crippen molar-refractivity contribution in [2.75, 3.05) is 7.11 Å². The lowest BCUT2D eigenvalue weighted by atomic mass is 10.1. The molecule has 82 valence electrons. The fourth-order valence-electron chi connectivity index (χ4n) is 1.49. The molecule has 0 saturated heterocycles. The van der Waals surface area contributed by atoms with Gasteiger partial charge in [0.25, 0.3) is 0 Å². The molecule has 0 saturated carbocycles. The Morgan fingerprint density at radius 1 is 1.25 bits per heavy atom. The number of hydrogen-bond acceptors (Lipinski definition) is 3. The predicted molar refractivity (Wildman–Crippen MR) is 63.2 cm³/mol. The first-order valence-corrected chi connectivity index (χ1v) is 5.24. The van der Waals surface area contributed by atoms with Gasteiger partial charge in [-0.25, -0.2) is 4.98 Å². The summed E-state index contributed by atoms with van der Waals surface area (Å²) >= 11 is 5.98. The van der Waals surface area contributed by atoms with Crippen molar-refractivity contribution in [1.29, 1.82) is 0 Å². The highest BCUT2D eigenvalue weighted by atomic mass is 35.5. The van der Waals surface area contributed by atoms with Crippen LogP contribution in [0.2, 0.25) is 5.15 Å². The van der Waals surface area contributed by atoms with Gasteiger partial charge in [-0.2, -0.15) is 0 Å². The maximum Gasteiger partial charge on any atom is 0.155 e. The number of halogens is 1. The largest absolute Gasteiger partial charge is 0.380 e. The molecule has 0 radical (unpaired) electrons. The van der Waals surface area contributed by atoms with Crippen LogP contribution in [0.1, 0.15) is 5.56 Å². The Hall–Kier alpha value is -1.45. The van der Waals surface area contributed by atoms with E-state index in [1.54, 1.807) is 19.5 Å². The first kappa shape index (κ1) is 11.0. The van der Waals surface area contributed by atoms with E-state index in [2.05, 4.69) is 9.97 Å². The van der Waals surface area contributed by atoms with Gasteiger partial charge in [-0.05, 0) is 11.6 Å². The predicted octanol–water partition coefficient (Wildman–Crippen LogP) is 2.94. The molecule has 4 heteroatoms. The van der Waals surface area contributed by atoms with Gasteiger partial charge in [0.15, 0.2) is 5.15 Å². The van der Waals surface area contributed by atoms with Crippen molar-refractivity contribution in [1.82, 2.24) is 9.97 Å². The minimum Gasteiger partial charge on any atom is -0.380 e. The maximum atomic E-state index is 5.98. The van der Waals surface area contributed by atoms with Gasteiger partial charge in [0, 0.05) is 25.1 Å². The van der Waals surface area contributed by atoms with Gasteiger partial charge in [0.05, 0.1) is 6.61 Å². The van der Waals surface area contributed by atoms with Crippen molar-refractivity contribution in [2.45, 2.75) is 6.61 Å². The Balaban J connectivity index is 2.40. The molecule has 2 aromatic rings. The fraction of sp³-hybridized carbons (Fsp3) is 0.167. The Labute approximate surface area is 99.1 Å². The van der Waals surface area contributed by atoms with Crippen LogP contribution in [0, 0.1) is 0 Å². The molecular weight excluding hydrogens is 224 g/mol. The van der Waals surface area contributed by atoms with Crippen LogP contribution in [-0.4, -0.2) is 17.1 Å². The summed E-state index contributed by atoms with van der Waals surface area (Å²) < 4.78 is 5.08. The smallest absolute Gasteiger partial charge is 0.155 e. The number of benzene rings is 1. The number of methoxy groups -OCH3 is 1. The summed E-state index contributed by atoms with van der Waals surface area (Å²) in [7, 11) is 1.67. The molecule has 0 fully saturated rings. The zero-order valence-corrected chi connectivity index (χ0v) is 9.61. The molecule has 1 aromatic carbocycles. The summed E-state index contributed by atoms with van der Waals surface area (Å²) in [6.07, 6.45) is 3.20. The van der Waals surface area contributed by atoms with Crippen LogP contribution in [-0.2, 0) is 11.3 Å². The minimum atomic E-state index is 0.414. The maximum absolute atomic E-state index is 5.98. The van der Waals surface area contributed by atoms with Gasteiger partial charge < -0.3 is 4.74 Å². The number of rotatable bonds is 3. The van der Waals surface area contributed by atoms with Crippen LogP contribution in [0.5, 0.6) is 0 Å². The highest BCUT2D eigenvalue weighted by Gasteiger charge is 2.05. The third-order valence-electron chi connectivity index (χ3n) is 2.17. The fourth-order valence-corrected chi connectivity index (χ4v) is 1.70. The van der Waals surface area contributed by atoms with Gasteiger partial charge in [0.1, 0.15) is 5.69 Å². The molecule has 0 amide bonds. The average Bonchev–Trinajstić information content (AvgIpc) is 2.30. The van der Waals surface area contributed by atoms with Crippen molar-refractivity contribution in [3.05, 3.63) is 47.4 Å². The third-order valence-corrected chi connectivity index (χ3v) is 2.44. The van der Waals surface area contributed by atoms with Crippen molar-refractivity contribution >= 4 is 11.6 Å². The number of aromatic nitrogens is 2. The molecule has 0 unspecified atom stereocenters. The molecule has 3 nitrogen and oxygen atoms in total. The van der Waals surface area contributed by atoms with E-state index in [0.29, 0.717) is 17.5 Å². The van der Waals surface area contributed by atoms with E-state index >= 15 is 0 Å². The van der Waals surface area contributed by atoms with E-state index in [-0.39, 0.29) is 0 Å². The molecule has 16 heavy (non-hydrogen) atoms. The monoisotopic (exact) mass is 234 g/mol. The second-order valence-electron chi connectivity index (χ2n) is 3.33. The second kappa shape index (κ2) is 5.05. The summed E-state index contributed by atoms with van der Waals surface area (Å²) in [5.74, 6) is 0. The van der Waals surface area contributed by atoms with Crippen LogP contribution >= 0.6 is 11.6 Å². The standard InChI is InChI=1S/C12H11ClN2O/c1-16-8-9-3-2-4-10(7-9)11-12(13)15-6-5-14-11/h2-7H,8H2,1H3. The molecular formula is C12H11ClN2O. The summed E-state index contributed by atoms with van der Waals surface area (Å²) in [6, 6.07) is 7.90. The highest BCUT2D eigenvalue weighted by Crippen LogP contribution is 2.24. The van der Waals surface area contributed by atoms with Crippen LogP contribution in [0.4, 0.5) is 0 Å². The van der Waals surface area contributed by atoms with Crippen LogP contribution in [0.3, 0.4) is 0 Å². The first-order chi connectivity index (χ1) is 7.81. The van der Waals surface area contributed by atoms with E-state index in [4.69, 9.17) is 16.3 Å². The van der Waals surface area contributed by atoms with Crippen molar-refractivity contribution < 1.29 is 4.74 Å². The van der Waals surface area contributed by atoms with Crippen molar-refractivity contribution in [3.8, 4) is 11.3 Å². The molecule has 0 aliphatic carbocycles. The number of hydrogen-bond donors (Lipinski definition) is 0. The van der Waals surface area contributed by atoms with Gasteiger partial charge >= 0.3 is 0 Å². The molecule has 2 rings (SSSR count). The molecule has 0 aliphatic rings. The quantitative estimate of drug-likeness (QED) is 0.819. The van der Waals surface area contributed by atoms with Gasteiger partial charge in [-0.1, -0.05) is 29.8 Å². The molecule has 1 aromatic heterocycles. The Kier molecular flexibility index (Phi) is 3.49. The van der Waals surface area contributed by atoms with E-state index in [0.717, 1.165) is 11.1 Å². The summed E-state index contributed by atoms with van der Waals surface area (Å²) in [6.45, 7) is 0.575. The van der Waals surface area contributed by atoms with Crippen LogP contribution in [0.15, 0.2) is 36.7 Å². The molecule has 0 spiro atoms. The van der Waals surface area contributed by atoms with E-state index in [1.165, 1.54) is 0 Å². The van der Waals surface area contributed by atoms with Gasteiger partial charge in [-0.15, -0.1) is 0 Å². The van der Waals surface area contributed by atoms with Crippen molar-refractivity contribution in [2.24, 2.45) is 0 Å². The first-order valence-electron chi connectivity index (χ1n) is 4.86. The number of ether oxygens (including phenoxy) is 1. The topological polar surface area (TPSA) is 35.0 Å². The van der Waals surface area contributed by atoms with Gasteiger partial charge in [0.2, 0.25) is 0 Å². The highest BCUT2D eigenvalue weighted by molar-refractivity contribution is 6.31. The Bertz CT molecular complexity index is 488. The molecule has 0 aliphatic heterocycles. The molecule has 0 N–H and O–H groups in total. The number of nitrogens with zero attached hydrogens (tertiary/aromatic N) is 2. The lowest BCUT2D eigenvalue weighted by molar-refractivity contribution is 0.185. The molecule has 0 bridgehead atoms. The minimum absolute atomic E-state index is 0.414. The zero-order valence-electron chi connectivity index (χ0n) is 8.85. The normalized spacial score (nSPS) is 10.4. The van der Waals surface area contributed by atoms with Crippen LogP contribution in [0.25, 0.3) is 11.3 Å². The van der Waals surface area contributed by atoms with Gasteiger partial charge in [-0.3, -0.25) is 4.98 Å². The Morgan fingerprint density at radius 2 is 2.06 bits per heavy atom. The third kappa shape index (κ3) is 2.38. The lowest BCUT2D eigenvalue weighted by Crippen LogP contribution is -1.91. The van der Waals surface area contributed by atoms with E-state index < -0.39 is 0 Å². The van der Waals surface area contributed by atoms with Crippen LogP contribution < -0.4 is 0 Å². The van der Waals surface area contributed by atoms with E-state index in [1.807, 2.05) is 24.3 Å². The SMILES string of the molecule is COCc1cccc(-c2nccnc2Cl)c1. The van der Waals surface area contributed by atoms with E-state index in [9.17, 15) is 0 Å². The second-order valence-corrected chi connectivity index (χ2v) is 3.69. The average molecular weight is 235 g/mol. The summed E-state index contributed by atoms with van der Waals surface area (Å²) in [5.41, 5.74) is 2.73. The zero-order chi connectivity index (χ0) is 11.4. The molecule has 0 atom stereocenters.